The van der Waals surface area contributed by atoms with Gasteiger partial charge in [-0.1, -0.05) is 43.4 Å². The SMILES string of the molecule is C[Si]1(C)CCN(Cc2ccc(-c3cc(C(=O)Nc4ccccn4)c4cc(F)ccc4n3)cc2)CC1. The fraction of sp³-hybridized carbons (Fsp3) is 0.250. The normalized spacial score (nSPS) is 15.7. The zero-order chi connectivity index (χ0) is 24.4. The highest BCUT2D eigenvalue weighted by Gasteiger charge is 2.27. The summed E-state index contributed by atoms with van der Waals surface area (Å²) in [6.07, 6.45) is 1.61. The van der Waals surface area contributed by atoms with E-state index in [1.165, 1.54) is 42.9 Å². The maximum Gasteiger partial charge on any atom is 0.257 e. The van der Waals surface area contributed by atoms with Crippen LogP contribution < -0.4 is 5.32 Å². The van der Waals surface area contributed by atoms with Crippen LogP contribution in [0.5, 0.6) is 0 Å². The Morgan fingerprint density at radius 1 is 1.03 bits per heavy atom. The maximum absolute atomic E-state index is 14.0. The quantitative estimate of drug-likeness (QED) is 0.342. The lowest BCUT2D eigenvalue weighted by Gasteiger charge is -2.35. The van der Waals surface area contributed by atoms with E-state index in [0.29, 0.717) is 28.0 Å². The van der Waals surface area contributed by atoms with E-state index in [-0.39, 0.29) is 5.91 Å². The standard InChI is InChI=1S/C28H29FN4OSi/c1-35(2)15-13-33(14-16-35)19-20-6-8-21(9-7-20)26-18-24(23-17-22(29)10-11-25(23)31-26)28(34)32-27-5-3-4-12-30-27/h3-12,17-18H,13-16,19H2,1-2H3,(H,30,32,34). The van der Waals surface area contributed by atoms with Crippen LogP contribution in [0.15, 0.2) is 72.9 Å². The zero-order valence-corrected chi connectivity index (χ0v) is 21.1. The van der Waals surface area contributed by atoms with E-state index in [1.54, 1.807) is 36.5 Å². The van der Waals surface area contributed by atoms with E-state index in [9.17, 15) is 9.18 Å². The summed E-state index contributed by atoms with van der Waals surface area (Å²) in [6.45, 7) is 8.27. The van der Waals surface area contributed by atoms with E-state index >= 15 is 0 Å². The van der Waals surface area contributed by atoms with Crippen molar-refractivity contribution in [3.8, 4) is 11.3 Å². The summed E-state index contributed by atoms with van der Waals surface area (Å²) < 4.78 is 14.0. The van der Waals surface area contributed by atoms with Crippen molar-refractivity contribution in [3.05, 3.63) is 89.9 Å². The molecule has 1 aliphatic rings. The van der Waals surface area contributed by atoms with Crippen molar-refractivity contribution in [3.63, 3.8) is 0 Å². The fourth-order valence-electron chi connectivity index (χ4n) is 4.51. The third-order valence-electron chi connectivity index (χ3n) is 6.79. The van der Waals surface area contributed by atoms with Gasteiger partial charge in [0.1, 0.15) is 11.6 Å². The van der Waals surface area contributed by atoms with Crippen molar-refractivity contribution < 1.29 is 9.18 Å². The molecule has 1 N–H and O–H groups in total. The minimum atomic E-state index is -0.978. The number of halogens is 1. The monoisotopic (exact) mass is 484 g/mol. The first-order valence-electron chi connectivity index (χ1n) is 12.0. The first-order chi connectivity index (χ1) is 16.9. The van der Waals surface area contributed by atoms with Crippen molar-refractivity contribution in [2.75, 3.05) is 18.4 Å². The van der Waals surface area contributed by atoms with Crippen molar-refractivity contribution in [1.29, 1.82) is 0 Å². The second kappa shape index (κ2) is 9.68. The Kier molecular flexibility index (Phi) is 6.45. The summed E-state index contributed by atoms with van der Waals surface area (Å²) in [4.78, 5) is 24.6. The molecule has 178 valence electrons. The number of fused-ring (bicyclic) bond motifs is 1. The van der Waals surface area contributed by atoms with Gasteiger partial charge in [-0.25, -0.2) is 14.4 Å². The van der Waals surface area contributed by atoms with Crippen LogP contribution >= 0.6 is 0 Å². The topological polar surface area (TPSA) is 58.1 Å². The number of benzene rings is 2. The summed E-state index contributed by atoms with van der Waals surface area (Å²) in [5.41, 5.74) is 3.79. The van der Waals surface area contributed by atoms with Crippen LogP contribution in [0.4, 0.5) is 10.2 Å². The molecule has 4 aromatic rings. The predicted octanol–water partition coefficient (Wildman–Crippen LogP) is 6.21. The second-order valence-corrected chi connectivity index (χ2v) is 15.4. The molecule has 0 unspecified atom stereocenters. The summed E-state index contributed by atoms with van der Waals surface area (Å²) in [5, 5.41) is 3.27. The highest BCUT2D eigenvalue weighted by atomic mass is 28.3. The van der Waals surface area contributed by atoms with E-state index in [1.807, 2.05) is 0 Å². The number of aromatic nitrogens is 2. The Morgan fingerprint density at radius 3 is 2.51 bits per heavy atom. The van der Waals surface area contributed by atoms with E-state index in [0.717, 1.165) is 12.1 Å². The lowest BCUT2D eigenvalue weighted by atomic mass is 10.0. The molecule has 0 radical (unpaired) electrons. The van der Waals surface area contributed by atoms with Gasteiger partial charge >= 0.3 is 0 Å². The molecule has 0 saturated carbocycles. The maximum atomic E-state index is 14.0. The van der Waals surface area contributed by atoms with Gasteiger partial charge in [-0.15, -0.1) is 0 Å². The average Bonchev–Trinajstić information content (AvgIpc) is 2.86. The van der Waals surface area contributed by atoms with Gasteiger partial charge in [0, 0.05) is 31.8 Å². The van der Waals surface area contributed by atoms with Crippen molar-refractivity contribution in [1.82, 2.24) is 14.9 Å². The Balaban J connectivity index is 1.42. The molecule has 2 aromatic heterocycles. The van der Waals surface area contributed by atoms with Gasteiger partial charge < -0.3 is 5.32 Å². The van der Waals surface area contributed by atoms with Gasteiger partial charge in [0.05, 0.1) is 16.8 Å². The minimum Gasteiger partial charge on any atom is -0.307 e. The molecule has 1 amide bonds. The van der Waals surface area contributed by atoms with Crippen molar-refractivity contribution in [2.45, 2.75) is 31.7 Å². The Labute approximate surface area is 206 Å². The summed E-state index contributed by atoms with van der Waals surface area (Å²) in [6, 6.07) is 22.4. The number of carbonyl (C=O) groups is 1. The van der Waals surface area contributed by atoms with Gasteiger partial charge in [0.25, 0.3) is 5.91 Å². The molecule has 2 aromatic carbocycles. The molecule has 0 aliphatic carbocycles. The third-order valence-corrected chi connectivity index (χ3v) is 9.94. The highest BCUT2D eigenvalue weighted by Crippen LogP contribution is 2.28. The third kappa shape index (κ3) is 5.47. The number of rotatable bonds is 5. The van der Waals surface area contributed by atoms with Crippen LogP contribution in [-0.4, -0.2) is 41.9 Å². The molecule has 0 bridgehead atoms. The number of amides is 1. The number of hydrogen-bond acceptors (Lipinski definition) is 4. The van der Waals surface area contributed by atoms with E-state index < -0.39 is 13.9 Å². The number of pyridine rings is 2. The first-order valence-corrected chi connectivity index (χ1v) is 15.4. The van der Waals surface area contributed by atoms with Crippen LogP contribution in [-0.2, 0) is 6.54 Å². The first kappa shape index (κ1) is 23.3. The molecule has 0 atom stereocenters. The van der Waals surface area contributed by atoms with Gasteiger partial charge in [-0.3, -0.25) is 9.69 Å². The highest BCUT2D eigenvalue weighted by molar-refractivity contribution is 6.77. The molecular weight excluding hydrogens is 455 g/mol. The lowest BCUT2D eigenvalue weighted by Crippen LogP contribution is -2.42. The average molecular weight is 485 g/mol. The number of anilines is 1. The molecule has 5 nitrogen and oxygen atoms in total. The van der Waals surface area contributed by atoms with Crippen LogP contribution in [0.2, 0.25) is 25.2 Å². The van der Waals surface area contributed by atoms with Gasteiger partial charge in [-0.05, 0) is 67.1 Å². The van der Waals surface area contributed by atoms with Crippen LogP contribution in [0.25, 0.3) is 22.2 Å². The van der Waals surface area contributed by atoms with Gasteiger partial charge in [-0.2, -0.15) is 0 Å². The molecule has 35 heavy (non-hydrogen) atoms. The second-order valence-electron chi connectivity index (χ2n) is 10.0. The summed E-state index contributed by atoms with van der Waals surface area (Å²) >= 11 is 0. The molecule has 7 heteroatoms. The molecule has 3 heterocycles. The van der Waals surface area contributed by atoms with Gasteiger partial charge in [0.15, 0.2) is 0 Å². The van der Waals surface area contributed by atoms with Crippen molar-refractivity contribution in [2.24, 2.45) is 0 Å². The molecule has 1 fully saturated rings. The smallest absolute Gasteiger partial charge is 0.257 e. The van der Waals surface area contributed by atoms with E-state index in [2.05, 4.69) is 52.6 Å². The number of carbonyl (C=O) groups excluding carboxylic acids is 1. The number of nitrogens with one attached hydrogen (secondary N) is 1. The Bertz CT molecular complexity index is 1350. The molecular formula is C28H29FN4OSi. The summed E-state index contributed by atoms with van der Waals surface area (Å²) in [5.74, 6) is -0.322. The van der Waals surface area contributed by atoms with E-state index in [4.69, 9.17) is 4.98 Å². The molecule has 1 aliphatic heterocycles. The molecule has 0 spiro atoms. The fourth-order valence-corrected chi connectivity index (χ4v) is 6.60. The lowest BCUT2D eigenvalue weighted by molar-refractivity contribution is 0.102. The Morgan fingerprint density at radius 2 is 1.80 bits per heavy atom. The largest absolute Gasteiger partial charge is 0.307 e. The van der Waals surface area contributed by atoms with Crippen LogP contribution in [0, 0.1) is 5.82 Å². The van der Waals surface area contributed by atoms with Crippen molar-refractivity contribution >= 4 is 30.7 Å². The number of nitrogens with zero attached hydrogens (tertiary/aromatic N) is 3. The van der Waals surface area contributed by atoms with Crippen LogP contribution in [0.1, 0.15) is 15.9 Å². The molecule has 5 rings (SSSR count). The predicted molar refractivity (Wildman–Crippen MR) is 142 cm³/mol. The van der Waals surface area contributed by atoms with Gasteiger partial charge in [0.2, 0.25) is 0 Å². The minimum absolute atomic E-state index is 0.351. The van der Waals surface area contributed by atoms with Crippen LogP contribution in [0.3, 0.4) is 0 Å². The Hall–Kier alpha value is -3.42. The zero-order valence-electron chi connectivity index (χ0n) is 20.1. The molecule has 1 saturated heterocycles. The summed E-state index contributed by atoms with van der Waals surface area (Å²) in [7, 11) is -0.978. The number of hydrogen-bond donors (Lipinski definition) is 1.